The topological polar surface area (TPSA) is 68.9 Å². The van der Waals surface area contributed by atoms with Crippen molar-refractivity contribution < 1.29 is 19.0 Å². The molecule has 1 heterocycles. The zero-order valence-corrected chi connectivity index (χ0v) is 13.3. The van der Waals surface area contributed by atoms with Crippen LogP contribution in [0.3, 0.4) is 0 Å². The molecule has 124 valence electrons. The molecule has 0 aliphatic rings. The number of fused-ring (bicyclic) bond motifs is 1. The molecule has 5 heteroatoms. The van der Waals surface area contributed by atoms with Gasteiger partial charge in [-0.2, -0.15) is 0 Å². The average molecular weight is 326 g/mol. The van der Waals surface area contributed by atoms with Gasteiger partial charge in [0, 0.05) is 6.07 Å². The fraction of sp³-hybridized carbons (Fsp3) is 0.211. The van der Waals surface area contributed by atoms with Gasteiger partial charge < -0.3 is 19.0 Å². The minimum Gasteiger partial charge on any atom is -0.507 e. The first-order valence-corrected chi connectivity index (χ1v) is 7.69. The SMILES string of the molecule is COc1cccc(OCCCc2c(O)c3ccccc3oc2=O)c1. The number of ether oxygens (including phenoxy) is 2. The maximum atomic E-state index is 12.0. The summed E-state index contributed by atoms with van der Waals surface area (Å²) in [5.74, 6) is 1.41. The first-order chi connectivity index (χ1) is 11.7. The fourth-order valence-electron chi connectivity index (χ4n) is 2.52. The number of rotatable bonds is 6. The molecular formula is C19H18O5. The normalized spacial score (nSPS) is 10.7. The lowest BCUT2D eigenvalue weighted by Crippen LogP contribution is -2.10. The van der Waals surface area contributed by atoms with Gasteiger partial charge in [-0.25, -0.2) is 4.79 Å². The maximum absolute atomic E-state index is 12.0. The summed E-state index contributed by atoms with van der Waals surface area (Å²) >= 11 is 0. The molecule has 0 saturated heterocycles. The van der Waals surface area contributed by atoms with Crippen molar-refractivity contribution in [1.82, 2.24) is 0 Å². The molecule has 0 unspecified atom stereocenters. The van der Waals surface area contributed by atoms with Crippen molar-refractivity contribution in [1.29, 1.82) is 0 Å². The van der Waals surface area contributed by atoms with Gasteiger partial charge in [0.2, 0.25) is 0 Å². The zero-order chi connectivity index (χ0) is 16.9. The van der Waals surface area contributed by atoms with Gasteiger partial charge in [0.1, 0.15) is 22.8 Å². The van der Waals surface area contributed by atoms with E-state index in [0.717, 1.165) is 5.75 Å². The van der Waals surface area contributed by atoms with E-state index in [1.165, 1.54) is 0 Å². The standard InChI is InChI=1S/C19H18O5/c1-22-13-6-4-7-14(12-13)23-11-5-9-16-18(20)15-8-2-3-10-17(15)24-19(16)21/h2-4,6-8,10,12,20H,5,9,11H2,1H3. The Morgan fingerprint density at radius 1 is 1.08 bits per heavy atom. The largest absolute Gasteiger partial charge is 0.507 e. The van der Waals surface area contributed by atoms with Crippen LogP contribution in [0.2, 0.25) is 0 Å². The lowest BCUT2D eigenvalue weighted by molar-refractivity contribution is 0.307. The Balaban J connectivity index is 1.66. The van der Waals surface area contributed by atoms with Gasteiger partial charge in [-0.15, -0.1) is 0 Å². The minimum absolute atomic E-state index is 0.0109. The van der Waals surface area contributed by atoms with Crippen LogP contribution < -0.4 is 15.1 Å². The Hall–Kier alpha value is -2.95. The summed E-state index contributed by atoms with van der Waals surface area (Å²) in [6.07, 6.45) is 0.955. The van der Waals surface area contributed by atoms with Crippen molar-refractivity contribution in [2.24, 2.45) is 0 Å². The first-order valence-electron chi connectivity index (χ1n) is 7.69. The highest BCUT2D eigenvalue weighted by Gasteiger charge is 2.13. The Morgan fingerprint density at radius 3 is 2.71 bits per heavy atom. The highest BCUT2D eigenvalue weighted by atomic mass is 16.5. The Labute approximate surface area is 139 Å². The van der Waals surface area contributed by atoms with Crippen molar-refractivity contribution in [2.45, 2.75) is 12.8 Å². The van der Waals surface area contributed by atoms with E-state index in [1.54, 1.807) is 37.4 Å². The van der Waals surface area contributed by atoms with Crippen molar-refractivity contribution in [3.05, 3.63) is 64.5 Å². The van der Waals surface area contributed by atoms with Gasteiger partial charge in [0.25, 0.3) is 0 Å². The molecule has 0 aliphatic carbocycles. The van der Waals surface area contributed by atoms with Crippen molar-refractivity contribution in [3.8, 4) is 17.2 Å². The Kier molecular flexibility index (Phi) is 4.70. The van der Waals surface area contributed by atoms with Gasteiger partial charge in [0.15, 0.2) is 0 Å². The monoisotopic (exact) mass is 326 g/mol. The average Bonchev–Trinajstić information content (AvgIpc) is 2.61. The van der Waals surface area contributed by atoms with Crippen LogP contribution in [0, 0.1) is 0 Å². The summed E-state index contributed by atoms with van der Waals surface area (Å²) in [5.41, 5.74) is 0.159. The highest BCUT2D eigenvalue weighted by Crippen LogP contribution is 2.26. The van der Waals surface area contributed by atoms with E-state index in [4.69, 9.17) is 13.9 Å². The quantitative estimate of drug-likeness (QED) is 0.554. The smallest absolute Gasteiger partial charge is 0.343 e. The fourth-order valence-corrected chi connectivity index (χ4v) is 2.52. The lowest BCUT2D eigenvalue weighted by atomic mass is 10.1. The second-order valence-corrected chi connectivity index (χ2v) is 5.34. The van der Waals surface area contributed by atoms with Crippen LogP contribution in [0.4, 0.5) is 0 Å². The van der Waals surface area contributed by atoms with Gasteiger partial charge in [-0.05, 0) is 37.1 Å². The molecule has 24 heavy (non-hydrogen) atoms. The maximum Gasteiger partial charge on any atom is 0.343 e. The molecule has 3 rings (SSSR count). The molecule has 0 fully saturated rings. The first kappa shape index (κ1) is 15.9. The number of benzene rings is 2. The van der Waals surface area contributed by atoms with E-state index in [0.29, 0.717) is 36.2 Å². The van der Waals surface area contributed by atoms with Crippen LogP contribution in [0.15, 0.2) is 57.7 Å². The third-order valence-electron chi connectivity index (χ3n) is 3.76. The molecule has 0 amide bonds. The molecule has 1 N–H and O–H groups in total. The van der Waals surface area contributed by atoms with E-state index >= 15 is 0 Å². The molecule has 3 aromatic rings. The van der Waals surface area contributed by atoms with Gasteiger partial charge in [-0.1, -0.05) is 18.2 Å². The second kappa shape index (κ2) is 7.08. The summed E-state index contributed by atoms with van der Waals surface area (Å²) < 4.78 is 16.0. The van der Waals surface area contributed by atoms with E-state index in [1.807, 2.05) is 18.2 Å². The van der Waals surface area contributed by atoms with Gasteiger partial charge in [0.05, 0.1) is 24.7 Å². The summed E-state index contributed by atoms with van der Waals surface area (Å²) in [5, 5.41) is 10.8. The van der Waals surface area contributed by atoms with Crippen LogP contribution in [0.1, 0.15) is 12.0 Å². The van der Waals surface area contributed by atoms with Crippen LogP contribution in [-0.4, -0.2) is 18.8 Å². The third kappa shape index (κ3) is 3.35. The number of hydrogen-bond donors (Lipinski definition) is 1. The molecule has 1 aromatic heterocycles. The van der Waals surface area contributed by atoms with Gasteiger partial charge >= 0.3 is 5.63 Å². The third-order valence-corrected chi connectivity index (χ3v) is 3.76. The van der Waals surface area contributed by atoms with Gasteiger partial charge in [-0.3, -0.25) is 0 Å². The molecule has 0 bridgehead atoms. The Bertz CT molecular complexity index is 898. The van der Waals surface area contributed by atoms with Crippen LogP contribution in [0.25, 0.3) is 11.0 Å². The predicted octanol–water partition coefficient (Wildman–Crippen LogP) is 3.52. The van der Waals surface area contributed by atoms with E-state index in [2.05, 4.69) is 0 Å². The van der Waals surface area contributed by atoms with Crippen molar-refractivity contribution in [2.75, 3.05) is 13.7 Å². The summed E-state index contributed by atoms with van der Waals surface area (Å²) in [6, 6.07) is 14.2. The molecule has 0 saturated carbocycles. The zero-order valence-electron chi connectivity index (χ0n) is 13.3. The molecule has 5 nitrogen and oxygen atoms in total. The van der Waals surface area contributed by atoms with Crippen LogP contribution in [0.5, 0.6) is 17.2 Å². The number of hydrogen-bond acceptors (Lipinski definition) is 5. The lowest BCUT2D eigenvalue weighted by Gasteiger charge is -2.08. The van der Waals surface area contributed by atoms with E-state index in [9.17, 15) is 9.90 Å². The van der Waals surface area contributed by atoms with E-state index in [-0.39, 0.29) is 11.3 Å². The molecular weight excluding hydrogens is 308 g/mol. The minimum atomic E-state index is -0.507. The molecule has 0 spiro atoms. The molecule has 0 radical (unpaired) electrons. The number of aromatic hydroxyl groups is 1. The van der Waals surface area contributed by atoms with Crippen LogP contribution in [-0.2, 0) is 6.42 Å². The molecule has 0 atom stereocenters. The molecule has 2 aromatic carbocycles. The predicted molar refractivity (Wildman–Crippen MR) is 91.0 cm³/mol. The Morgan fingerprint density at radius 2 is 1.88 bits per heavy atom. The molecule has 0 aliphatic heterocycles. The van der Waals surface area contributed by atoms with Crippen molar-refractivity contribution in [3.63, 3.8) is 0 Å². The summed E-state index contributed by atoms with van der Waals surface area (Å²) in [7, 11) is 1.60. The number of para-hydroxylation sites is 1. The van der Waals surface area contributed by atoms with Crippen molar-refractivity contribution >= 4 is 11.0 Å². The summed E-state index contributed by atoms with van der Waals surface area (Å²) in [4.78, 5) is 12.0. The summed E-state index contributed by atoms with van der Waals surface area (Å²) in [6.45, 7) is 0.416. The van der Waals surface area contributed by atoms with Crippen LogP contribution >= 0.6 is 0 Å². The highest BCUT2D eigenvalue weighted by molar-refractivity contribution is 5.83. The number of methoxy groups -OCH3 is 1. The second-order valence-electron chi connectivity index (χ2n) is 5.34. The van der Waals surface area contributed by atoms with E-state index < -0.39 is 5.63 Å².